The first kappa shape index (κ1) is 15.8. The van der Waals surface area contributed by atoms with Crippen molar-refractivity contribution in [3.8, 4) is 0 Å². The molecular weight excluding hydrogens is 262 g/mol. The van der Waals surface area contributed by atoms with E-state index in [0.717, 1.165) is 26.1 Å². The summed E-state index contributed by atoms with van der Waals surface area (Å²) < 4.78 is 0. The summed E-state index contributed by atoms with van der Waals surface area (Å²) in [5, 5.41) is 3.37. The fourth-order valence-corrected chi connectivity index (χ4v) is 3.22. The van der Waals surface area contributed by atoms with Crippen LogP contribution >= 0.6 is 0 Å². The van der Waals surface area contributed by atoms with Gasteiger partial charge in [-0.1, -0.05) is 18.2 Å². The van der Waals surface area contributed by atoms with Crippen molar-refractivity contribution in [1.29, 1.82) is 0 Å². The van der Waals surface area contributed by atoms with E-state index in [1.54, 1.807) is 0 Å². The number of likely N-dealkylation sites (N-methyl/N-ethyl adjacent to an activating group) is 1. The van der Waals surface area contributed by atoms with Crippen LogP contribution in [-0.2, 0) is 4.79 Å². The number of carbonyl (C=O) groups excluding carboxylic acids is 1. The number of para-hydroxylation sites is 1. The van der Waals surface area contributed by atoms with Crippen molar-refractivity contribution in [2.75, 3.05) is 31.6 Å². The molecule has 4 nitrogen and oxygen atoms in total. The number of hydrogen-bond acceptors (Lipinski definition) is 3. The average molecular weight is 289 g/mol. The second-order valence-corrected chi connectivity index (χ2v) is 5.57. The van der Waals surface area contributed by atoms with Crippen molar-refractivity contribution < 1.29 is 4.79 Å². The minimum Gasteiger partial charge on any atom is -0.359 e. The molecule has 0 radical (unpaired) electrons. The molecule has 1 aromatic rings. The fourth-order valence-electron chi connectivity index (χ4n) is 3.22. The van der Waals surface area contributed by atoms with Gasteiger partial charge in [0.1, 0.15) is 6.04 Å². The molecule has 0 aliphatic carbocycles. The topological polar surface area (TPSA) is 35.6 Å². The van der Waals surface area contributed by atoms with Crippen molar-refractivity contribution >= 4 is 11.6 Å². The molecule has 0 bridgehead atoms. The van der Waals surface area contributed by atoms with E-state index in [1.807, 2.05) is 32.7 Å². The number of amides is 1. The summed E-state index contributed by atoms with van der Waals surface area (Å²) in [5.41, 5.74) is 2.49. The first-order valence-corrected chi connectivity index (χ1v) is 7.95. The van der Waals surface area contributed by atoms with Crippen LogP contribution in [0.4, 0.5) is 5.69 Å². The monoisotopic (exact) mass is 289 g/mol. The van der Waals surface area contributed by atoms with E-state index in [4.69, 9.17) is 0 Å². The normalized spacial score (nSPS) is 19.0. The zero-order chi connectivity index (χ0) is 15.4. The van der Waals surface area contributed by atoms with Gasteiger partial charge in [0.25, 0.3) is 0 Å². The summed E-state index contributed by atoms with van der Waals surface area (Å²) in [6, 6.07) is 8.70. The lowest BCUT2D eigenvalue weighted by molar-refractivity contribution is -0.131. The Balaban J connectivity index is 2.27. The zero-order valence-corrected chi connectivity index (χ0v) is 13.6. The lowest BCUT2D eigenvalue weighted by Crippen LogP contribution is -2.49. The van der Waals surface area contributed by atoms with Crippen LogP contribution in [-0.4, -0.2) is 43.5 Å². The number of anilines is 1. The molecule has 2 unspecified atom stereocenters. The van der Waals surface area contributed by atoms with Crippen LogP contribution in [0.3, 0.4) is 0 Å². The van der Waals surface area contributed by atoms with Gasteiger partial charge in [-0.3, -0.25) is 4.79 Å². The average Bonchev–Trinajstić information content (AvgIpc) is 2.54. The quantitative estimate of drug-likeness (QED) is 0.904. The number of carbonyl (C=O) groups is 1. The van der Waals surface area contributed by atoms with E-state index < -0.39 is 0 Å². The second kappa shape index (κ2) is 6.94. The van der Waals surface area contributed by atoms with Crippen molar-refractivity contribution in [3.05, 3.63) is 29.8 Å². The Labute approximate surface area is 128 Å². The summed E-state index contributed by atoms with van der Waals surface area (Å²) in [6.45, 7) is 8.56. The van der Waals surface area contributed by atoms with Gasteiger partial charge in [-0.05, 0) is 45.9 Å². The Bertz CT molecular complexity index is 485. The Morgan fingerprint density at radius 1 is 1.38 bits per heavy atom. The van der Waals surface area contributed by atoms with Crippen molar-refractivity contribution in [2.24, 2.45) is 0 Å². The smallest absolute Gasteiger partial charge is 0.244 e. The van der Waals surface area contributed by atoms with E-state index in [9.17, 15) is 4.79 Å². The lowest BCUT2D eigenvalue weighted by Gasteiger charge is -2.40. The number of rotatable bonds is 5. The number of nitrogens with one attached hydrogen (secondary N) is 1. The summed E-state index contributed by atoms with van der Waals surface area (Å²) in [7, 11) is 2.00. The van der Waals surface area contributed by atoms with Crippen molar-refractivity contribution in [3.63, 3.8) is 0 Å². The highest BCUT2D eigenvalue weighted by molar-refractivity contribution is 5.85. The summed E-state index contributed by atoms with van der Waals surface area (Å²) in [5.74, 6) is 0.220. The maximum Gasteiger partial charge on any atom is 0.244 e. The van der Waals surface area contributed by atoms with Gasteiger partial charge in [0.05, 0.1) is 0 Å². The molecule has 2 atom stereocenters. The molecule has 1 aromatic carbocycles. The van der Waals surface area contributed by atoms with E-state index in [-0.39, 0.29) is 11.9 Å². The summed E-state index contributed by atoms with van der Waals surface area (Å²) in [6.07, 6.45) is 1.03. The molecule has 1 aliphatic heterocycles. The number of nitrogens with zero attached hydrogens (tertiary/aromatic N) is 2. The molecule has 0 spiro atoms. The van der Waals surface area contributed by atoms with Gasteiger partial charge in [0.15, 0.2) is 0 Å². The standard InChI is InChI=1S/C17H27N3O/c1-5-19(6-2)17(21)13(3)20-12-11-15(18-4)14-9-7-8-10-16(14)20/h7-10,13,15,18H,5-6,11-12H2,1-4H3. The highest BCUT2D eigenvalue weighted by Gasteiger charge is 2.31. The predicted molar refractivity (Wildman–Crippen MR) is 87.6 cm³/mol. The molecule has 1 amide bonds. The van der Waals surface area contributed by atoms with Crippen LogP contribution in [0.1, 0.15) is 38.8 Å². The molecule has 1 N–H and O–H groups in total. The molecule has 1 aliphatic rings. The molecule has 4 heteroatoms. The van der Waals surface area contributed by atoms with E-state index in [2.05, 4.69) is 34.5 Å². The lowest BCUT2D eigenvalue weighted by atomic mass is 9.95. The van der Waals surface area contributed by atoms with Crippen LogP contribution in [0.2, 0.25) is 0 Å². The Kier molecular flexibility index (Phi) is 5.23. The molecule has 0 aromatic heterocycles. The molecule has 1 heterocycles. The van der Waals surface area contributed by atoms with E-state index in [0.29, 0.717) is 6.04 Å². The van der Waals surface area contributed by atoms with Crippen LogP contribution in [0.5, 0.6) is 0 Å². The third-order valence-corrected chi connectivity index (χ3v) is 4.53. The highest BCUT2D eigenvalue weighted by Crippen LogP contribution is 2.34. The van der Waals surface area contributed by atoms with Crippen molar-refractivity contribution in [1.82, 2.24) is 10.2 Å². The molecule has 21 heavy (non-hydrogen) atoms. The van der Waals surface area contributed by atoms with Gasteiger partial charge in [0, 0.05) is 31.4 Å². The molecule has 0 saturated carbocycles. The fraction of sp³-hybridized carbons (Fsp3) is 0.588. The molecular formula is C17H27N3O. The SMILES string of the molecule is CCN(CC)C(=O)C(C)N1CCC(NC)c2ccccc21. The predicted octanol–water partition coefficient (Wildman–Crippen LogP) is 2.41. The zero-order valence-electron chi connectivity index (χ0n) is 13.6. The van der Waals surface area contributed by atoms with Crippen molar-refractivity contribution in [2.45, 2.75) is 39.3 Å². The number of hydrogen-bond donors (Lipinski definition) is 1. The minimum atomic E-state index is -0.108. The number of fused-ring (bicyclic) bond motifs is 1. The number of benzene rings is 1. The maximum atomic E-state index is 12.6. The largest absolute Gasteiger partial charge is 0.359 e. The van der Waals surface area contributed by atoms with Gasteiger partial charge < -0.3 is 15.1 Å². The summed E-state index contributed by atoms with van der Waals surface area (Å²) in [4.78, 5) is 16.8. The molecule has 2 rings (SSSR count). The Morgan fingerprint density at radius 2 is 2.05 bits per heavy atom. The first-order chi connectivity index (χ1) is 10.1. The minimum absolute atomic E-state index is 0.108. The Morgan fingerprint density at radius 3 is 2.67 bits per heavy atom. The molecule has 0 saturated heterocycles. The third-order valence-electron chi connectivity index (χ3n) is 4.53. The third kappa shape index (κ3) is 3.05. The van der Waals surface area contributed by atoms with Gasteiger partial charge in [-0.2, -0.15) is 0 Å². The molecule has 0 fully saturated rings. The highest BCUT2D eigenvalue weighted by atomic mass is 16.2. The van der Waals surface area contributed by atoms with Gasteiger partial charge in [0.2, 0.25) is 5.91 Å². The first-order valence-electron chi connectivity index (χ1n) is 7.95. The summed E-state index contributed by atoms with van der Waals surface area (Å²) >= 11 is 0. The van der Waals surface area contributed by atoms with Crippen LogP contribution in [0.25, 0.3) is 0 Å². The van der Waals surface area contributed by atoms with Crippen LogP contribution in [0.15, 0.2) is 24.3 Å². The van der Waals surface area contributed by atoms with Gasteiger partial charge >= 0.3 is 0 Å². The second-order valence-electron chi connectivity index (χ2n) is 5.57. The van der Waals surface area contributed by atoms with Gasteiger partial charge in [-0.15, -0.1) is 0 Å². The van der Waals surface area contributed by atoms with E-state index in [1.165, 1.54) is 11.3 Å². The van der Waals surface area contributed by atoms with Crippen LogP contribution in [0, 0.1) is 0 Å². The molecule has 116 valence electrons. The van der Waals surface area contributed by atoms with Crippen LogP contribution < -0.4 is 10.2 Å². The van der Waals surface area contributed by atoms with Gasteiger partial charge in [-0.25, -0.2) is 0 Å². The Hall–Kier alpha value is -1.55. The maximum absolute atomic E-state index is 12.6. The van der Waals surface area contributed by atoms with E-state index >= 15 is 0 Å².